The van der Waals surface area contributed by atoms with Gasteiger partial charge in [-0.25, -0.2) is 24.3 Å². The molecule has 0 spiro atoms. The summed E-state index contributed by atoms with van der Waals surface area (Å²) in [5.74, 6) is -0.792. The third-order valence-electron chi connectivity index (χ3n) is 7.90. The number of amides is 1. The lowest BCUT2D eigenvalue weighted by Crippen LogP contribution is -2.36. The molecule has 0 radical (unpaired) electrons. The molecule has 6 rings (SSSR count). The molecule has 2 saturated heterocycles. The lowest BCUT2D eigenvalue weighted by atomic mass is 10.1. The summed E-state index contributed by atoms with van der Waals surface area (Å²) in [5, 5.41) is 5.43. The molecular formula is C26H32FN9O10P2+2. The Hall–Kier alpha value is -3.71. The standard InChI is InChI=1S/C26H30FN9O10P2/c1-28-6-2-3-18(37)34-22-21-24(31-12-29-22)35(14-33-21)19-5-4-15(45-19)9-44-48(41)46-26(7-16(42-11-26)10-43-47(39)40)36-8-17(27)20-23(36)30-13-32-25(20)38/h8,12-16,19,28H,2-7,9-11H2,1H3,(H-2,29,30,31,32,34,37,38,39,40)/p+2/t15-,16-,19+,26+/m0/s1. The number of halogens is 1. The van der Waals surface area contributed by atoms with Gasteiger partial charge in [0, 0.05) is 28.2 Å². The predicted molar refractivity (Wildman–Crippen MR) is 163 cm³/mol. The summed E-state index contributed by atoms with van der Waals surface area (Å²) in [4.78, 5) is 53.0. The van der Waals surface area contributed by atoms with E-state index in [0.29, 0.717) is 49.2 Å². The topological polar surface area (TPSA) is 236 Å². The van der Waals surface area contributed by atoms with Crippen molar-refractivity contribution in [2.45, 2.75) is 56.3 Å². The van der Waals surface area contributed by atoms with E-state index in [2.05, 4.69) is 35.6 Å². The molecule has 4 N–H and O–H groups in total. The lowest BCUT2D eigenvalue weighted by molar-refractivity contribution is -0.116. The van der Waals surface area contributed by atoms with Crippen molar-refractivity contribution in [2.75, 3.05) is 38.7 Å². The molecule has 0 aliphatic carbocycles. The van der Waals surface area contributed by atoms with Gasteiger partial charge in [-0.05, 0) is 32.9 Å². The van der Waals surface area contributed by atoms with Crippen LogP contribution >= 0.6 is 16.5 Å². The number of carbonyl (C=O) groups excluding carboxylic acids is 1. The number of aromatic amines is 1. The molecule has 0 aromatic carbocycles. The van der Waals surface area contributed by atoms with Crippen molar-refractivity contribution in [1.82, 2.24) is 39.4 Å². The highest BCUT2D eigenvalue weighted by Gasteiger charge is 2.52. The van der Waals surface area contributed by atoms with Crippen molar-refractivity contribution in [3.63, 3.8) is 0 Å². The van der Waals surface area contributed by atoms with E-state index in [0.717, 1.165) is 12.5 Å². The monoisotopic (exact) mass is 711 g/mol. The van der Waals surface area contributed by atoms with Gasteiger partial charge in [-0.2, -0.15) is 0 Å². The van der Waals surface area contributed by atoms with Crippen LogP contribution in [0.4, 0.5) is 10.2 Å². The minimum Gasteiger partial charge on any atom is -0.370 e. The lowest BCUT2D eigenvalue weighted by Gasteiger charge is -2.23. The SMILES string of the molecule is CNCCCC(=O)Nc1ncnc2c1ncn2[C@H]1CC[C@@H](CO[P+](=O)O[C@@]2(n3cc(F)c4c(=O)[nH]cnc43)CO[C@H](CO[P+](=O)O)C2)O1. The Morgan fingerprint density at radius 2 is 2.02 bits per heavy atom. The van der Waals surface area contributed by atoms with Crippen LogP contribution in [0.25, 0.3) is 22.2 Å². The minimum absolute atomic E-state index is 0.0899. The number of aromatic nitrogens is 7. The zero-order valence-electron chi connectivity index (χ0n) is 25.5. The molecule has 19 nitrogen and oxygen atoms in total. The second kappa shape index (κ2) is 14.8. The molecule has 2 aliphatic rings. The predicted octanol–water partition coefficient (Wildman–Crippen LogP) is 2.12. The molecule has 0 saturated carbocycles. The number of hydrogen-bond donors (Lipinski definition) is 4. The van der Waals surface area contributed by atoms with Crippen LogP contribution in [0.3, 0.4) is 0 Å². The molecule has 2 aliphatic heterocycles. The van der Waals surface area contributed by atoms with Gasteiger partial charge in [0.15, 0.2) is 28.4 Å². The molecule has 1 amide bonds. The average Bonchev–Trinajstić information content (AvgIpc) is 3.85. The van der Waals surface area contributed by atoms with E-state index in [1.165, 1.54) is 10.9 Å². The zero-order valence-corrected chi connectivity index (χ0v) is 27.3. The first-order valence-electron chi connectivity index (χ1n) is 14.9. The maximum absolute atomic E-state index is 14.9. The molecular weight excluding hydrogens is 679 g/mol. The highest BCUT2D eigenvalue weighted by atomic mass is 31.1. The van der Waals surface area contributed by atoms with Gasteiger partial charge >= 0.3 is 16.5 Å². The Labute approximate surface area is 272 Å². The summed E-state index contributed by atoms with van der Waals surface area (Å²) in [7, 11) is -3.98. The third-order valence-corrected chi connectivity index (χ3v) is 9.12. The quantitative estimate of drug-likeness (QED) is 0.102. The Balaban J connectivity index is 1.11. The van der Waals surface area contributed by atoms with Crippen molar-refractivity contribution < 1.29 is 46.3 Å². The number of hydrogen-bond acceptors (Lipinski definition) is 14. The smallest absolute Gasteiger partial charge is 0.370 e. The number of ether oxygens (including phenoxy) is 2. The van der Waals surface area contributed by atoms with E-state index in [1.807, 2.05) is 7.05 Å². The summed E-state index contributed by atoms with van der Waals surface area (Å²) in [6, 6.07) is 0. The van der Waals surface area contributed by atoms with Crippen LogP contribution in [-0.2, 0) is 42.7 Å². The zero-order chi connectivity index (χ0) is 33.8. The summed E-state index contributed by atoms with van der Waals surface area (Å²) in [5.41, 5.74) is -1.62. The van der Waals surface area contributed by atoms with E-state index in [4.69, 9.17) is 27.9 Å². The van der Waals surface area contributed by atoms with Gasteiger partial charge in [0.1, 0.15) is 37.8 Å². The molecule has 48 heavy (non-hydrogen) atoms. The molecule has 2 unspecified atom stereocenters. The number of anilines is 1. The summed E-state index contributed by atoms with van der Waals surface area (Å²) >= 11 is 0. The second-order valence-electron chi connectivity index (χ2n) is 11.1. The highest BCUT2D eigenvalue weighted by Crippen LogP contribution is 2.44. The number of fused-ring (bicyclic) bond motifs is 2. The van der Waals surface area contributed by atoms with Crippen molar-refractivity contribution in [1.29, 1.82) is 0 Å². The van der Waals surface area contributed by atoms with Gasteiger partial charge in [-0.1, -0.05) is 4.52 Å². The van der Waals surface area contributed by atoms with E-state index >= 15 is 0 Å². The largest absolute Gasteiger partial charge is 0.700 e. The van der Waals surface area contributed by atoms with Crippen LogP contribution in [0.1, 0.15) is 38.3 Å². The van der Waals surface area contributed by atoms with Gasteiger partial charge in [0.05, 0.1) is 24.9 Å². The van der Waals surface area contributed by atoms with Crippen LogP contribution in [0.15, 0.2) is 30.0 Å². The molecule has 6 atom stereocenters. The van der Waals surface area contributed by atoms with Crippen LogP contribution in [0, 0.1) is 5.82 Å². The van der Waals surface area contributed by atoms with Crippen LogP contribution in [-0.4, -0.2) is 90.5 Å². The third kappa shape index (κ3) is 7.31. The van der Waals surface area contributed by atoms with E-state index in [9.17, 15) is 23.1 Å². The number of H-pyrrole nitrogens is 1. The first-order valence-corrected chi connectivity index (χ1v) is 17.1. The molecule has 4 aromatic heterocycles. The fraction of sp³-hybridized carbons (Fsp3) is 0.538. The first kappa shape index (κ1) is 34.2. The van der Waals surface area contributed by atoms with Gasteiger partial charge in [0.25, 0.3) is 5.56 Å². The van der Waals surface area contributed by atoms with E-state index < -0.39 is 52.0 Å². The van der Waals surface area contributed by atoms with E-state index in [1.54, 1.807) is 10.9 Å². The summed E-state index contributed by atoms with van der Waals surface area (Å²) < 4.78 is 70.1. The summed E-state index contributed by atoms with van der Waals surface area (Å²) in [6.45, 7) is -0.0217. The van der Waals surface area contributed by atoms with Crippen molar-refractivity contribution in [3.05, 3.63) is 41.3 Å². The Bertz CT molecular complexity index is 1890. The molecule has 22 heteroatoms. The number of rotatable bonds is 15. The normalized spacial score (nSPS) is 23.3. The minimum atomic E-state index is -2.92. The number of nitrogens with zero attached hydrogens (tertiary/aromatic N) is 6. The molecule has 6 heterocycles. The summed E-state index contributed by atoms with van der Waals surface area (Å²) in [6.07, 6.45) is 5.13. The van der Waals surface area contributed by atoms with E-state index in [-0.39, 0.29) is 43.2 Å². The fourth-order valence-corrected chi connectivity index (χ4v) is 6.81. The number of imidazole rings is 1. The Morgan fingerprint density at radius 3 is 2.83 bits per heavy atom. The number of carbonyl (C=O) groups is 1. The molecule has 256 valence electrons. The first-order chi connectivity index (χ1) is 23.2. The molecule has 2 fully saturated rings. The van der Waals surface area contributed by atoms with Crippen molar-refractivity contribution in [3.8, 4) is 0 Å². The molecule has 0 bridgehead atoms. The van der Waals surface area contributed by atoms with Crippen LogP contribution in [0.5, 0.6) is 0 Å². The molecule has 4 aromatic rings. The van der Waals surface area contributed by atoms with Gasteiger partial charge < -0.3 is 25.1 Å². The average molecular weight is 712 g/mol. The van der Waals surface area contributed by atoms with Gasteiger partial charge in [-0.3, -0.25) is 18.7 Å². The maximum atomic E-state index is 14.9. The van der Waals surface area contributed by atoms with Gasteiger partial charge in [0.2, 0.25) is 11.6 Å². The van der Waals surface area contributed by atoms with Crippen molar-refractivity contribution in [2.24, 2.45) is 0 Å². The maximum Gasteiger partial charge on any atom is 0.700 e. The second-order valence-corrected chi connectivity index (χ2v) is 12.7. The number of nitrogens with one attached hydrogen (secondary N) is 3. The highest BCUT2D eigenvalue weighted by molar-refractivity contribution is 7.33. The Kier molecular flexibility index (Phi) is 10.5. The fourth-order valence-electron chi connectivity index (χ4n) is 5.69. The van der Waals surface area contributed by atoms with Crippen LogP contribution < -0.4 is 16.2 Å². The van der Waals surface area contributed by atoms with Gasteiger partial charge in [-0.15, -0.1) is 13.9 Å². The Morgan fingerprint density at radius 1 is 1.19 bits per heavy atom. The van der Waals surface area contributed by atoms with Crippen LogP contribution in [0.2, 0.25) is 0 Å². The van der Waals surface area contributed by atoms with Crippen molar-refractivity contribution >= 4 is 50.4 Å².